The Kier molecular flexibility index (Phi) is 5.38. The number of thiazole rings is 1. The van der Waals surface area contributed by atoms with Crippen LogP contribution in [0, 0.1) is 0 Å². The van der Waals surface area contributed by atoms with E-state index in [2.05, 4.69) is 43.4 Å². The molecule has 2 atom stereocenters. The van der Waals surface area contributed by atoms with Crippen LogP contribution in [-0.4, -0.2) is 24.2 Å². The van der Waals surface area contributed by atoms with E-state index in [-0.39, 0.29) is 6.10 Å². The SMILES string of the molecule is COC(C)C(C)NCc1csc(C(C)C)n1. The fourth-order valence-corrected chi connectivity index (χ4v) is 2.14. The Hall–Kier alpha value is -0.450. The van der Waals surface area contributed by atoms with Crippen LogP contribution in [0.15, 0.2) is 5.38 Å². The van der Waals surface area contributed by atoms with Crippen LogP contribution >= 0.6 is 11.3 Å². The lowest BCUT2D eigenvalue weighted by molar-refractivity contribution is 0.0881. The Morgan fingerprint density at radius 3 is 2.56 bits per heavy atom. The summed E-state index contributed by atoms with van der Waals surface area (Å²) in [4.78, 5) is 4.58. The van der Waals surface area contributed by atoms with Crippen molar-refractivity contribution >= 4 is 11.3 Å². The molecule has 0 saturated heterocycles. The maximum Gasteiger partial charge on any atom is 0.0954 e. The summed E-state index contributed by atoms with van der Waals surface area (Å²) in [7, 11) is 1.74. The fraction of sp³-hybridized carbons (Fsp3) is 0.750. The van der Waals surface area contributed by atoms with E-state index in [1.165, 1.54) is 5.01 Å². The highest BCUT2D eigenvalue weighted by atomic mass is 32.1. The summed E-state index contributed by atoms with van der Waals surface area (Å²) in [6.45, 7) is 9.36. The molecule has 0 aliphatic heterocycles. The van der Waals surface area contributed by atoms with Gasteiger partial charge in [0.2, 0.25) is 0 Å². The van der Waals surface area contributed by atoms with Gasteiger partial charge in [-0.3, -0.25) is 0 Å². The molecular formula is C12H22N2OS. The number of methoxy groups -OCH3 is 1. The number of aromatic nitrogens is 1. The molecule has 16 heavy (non-hydrogen) atoms. The number of hydrogen-bond acceptors (Lipinski definition) is 4. The molecule has 2 unspecified atom stereocenters. The van der Waals surface area contributed by atoms with Crippen LogP contribution in [0.5, 0.6) is 0 Å². The van der Waals surface area contributed by atoms with Gasteiger partial charge in [-0.1, -0.05) is 13.8 Å². The van der Waals surface area contributed by atoms with Crippen molar-refractivity contribution in [2.45, 2.75) is 52.3 Å². The summed E-state index contributed by atoms with van der Waals surface area (Å²) in [6.07, 6.45) is 0.225. The normalized spacial score (nSPS) is 15.4. The summed E-state index contributed by atoms with van der Waals surface area (Å²) in [5.74, 6) is 0.522. The molecule has 1 aromatic heterocycles. The number of hydrogen-bond donors (Lipinski definition) is 1. The first kappa shape index (κ1) is 13.6. The maximum absolute atomic E-state index is 5.26. The van der Waals surface area contributed by atoms with Crippen LogP contribution in [0.3, 0.4) is 0 Å². The molecule has 0 aliphatic carbocycles. The molecule has 0 aliphatic rings. The molecule has 0 aromatic carbocycles. The van der Waals surface area contributed by atoms with Crippen molar-refractivity contribution < 1.29 is 4.74 Å². The minimum absolute atomic E-state index is 0.225. The van der Waals surface area contributed by atoms with Crippen molar-refractivity contribution in [3.8, 4) is 0 Å². The van der Waals surface area contributed by atoms with E-state index in [0.29, 0.717) is 12.0 Å². The molecule has 0 saturated carbocycles. The lowest BCUT2D eigenvalue weighted by atomic mass is 10.2. The average Bonchev–Trinajstić information content (AvgIpc) is 2.73. The minimum Gasteiger partial charge on any atom is -0.380 e. The molecule has 0 fully saturated rings. The van der Waals surface area contributed by atoms with Crippen molar-refractivity contribution in [3.63, 3.8) is 0 Å². The van der Waals surface area contributed by atoms with Crippen molar-refractivity contribution in [1.29, 1.82) is 0 Å². The van der Waals surface area contributed by atoms with E-state index in [0.717, 1.165) is 12.2 Å². The van der Waals surface area contributed by atoms with E-state index in [1.807, 2.05) is 0 Å². The first-order valence-corrected chi connectivity index (χ1v) is 6.63. The molecule has 0 bridgehead atoms. The molecule has 0 radical (unpaired) electrons. The number of nitrogens with zero attached hydrogens (tertiary/aromatic N) is 1. The lowest BCUT2D eigenvalue weighted by Crippen LogP contribution is -2.36. The summed E-state index contributed by atoms with van der Waals surface area (Å²) < 4.78 is 5.26. The Bertz CT molecular complexity index is 312. The molecule has 92 valence electrons. The molecule has 1 rings (SSSR count). The van der Waals surface area contributed by atoms with Gasteiger partial charge in [0.1, 0.15) is 0 Å². The van der Waals surface area contributed by atoms with Gasteiger partial charge < -0.3 is 10.1 Å². The van der Waals surface area contributed by atoms with Crippen LogP contribution in [0.2, 0.25) is 0 Å². The van der Waals surface area contributed by atoms with E-state index in [9.17, 15) is 0 Å². The predicted octanol–water partition coefficient (Wildman–Crippen LogP) is 2.78. The van der Waals surface area contributed by atoms with Gasteiger partial charge >= 0.3 is 0 Å². The van der Waals surface area contributed by atoms with Gasteiger partial charge in [-0.25, -0.2) is 4.98 Å². The highest BCUT2D eigenvalue weighted by molar-refractivity contribution is 7.09. The predicted molar refractivity (Wildman–Crippen MR) is 69.0 cm³/mol. The zero-order chi connectivity index (χ0) is 12.1. The van der Waals surface area contributed by atoms with E-state index >= 15 is 0 Å². The monoisotopic (exact) mass is 242 g/mol. The van der Waals surface area contributed by atoms with Crippen molar-refractivity contribution in [3.05, 3.63) is 16.1 Å². The van der Waals surface area contributed by atoms with Crippen LogP contribution in [0.4, 0.5) is 0 Å². The number of rotatable bonds is 6. The third-order valence-corrected chi connectivity index (χ3v) is 3.94. The van der Waals surface area contributed by atoms with Crippen LogP contribution in [0.1, 0.15) is 44.3 Å². The summed E-state index contributed by atoms with van der Waals surface area (Å²) in [5.41, 5.74) is 1.13. The van der Waals surface area contributed by atoms with E-state index in [4.69, 9.17) is 4.74 Å². The first-order chi connectivity index (χ1) is 7.54. The summed E-state index contributed by atoms with van der Waals surface area (Å²) in [5, 5.41) is 6.76. The van der Waals surface area contributed by atoms with Crippen molar-refractivity contribution in [2.75, 3.05) is 7.11 Å². The van der Waals surface area contributed by atoms with Crippen molar-refractivity contribution in [2.24, 2.45) is 0 Å². The molecule has 1 heterocycles. The third-order valence-electron chi connectivity index (χ3n) is 2.74. The van der Waals surface area contributed by atoms with Gasteiger partial charge in [-0.2, -0.15) is 0 Å². The Balaban J connectivity index is 2.42. The minimum atomic E-state index is 0.225. The molecule has 3 nitrogen and oxygen atoms in total. The molecule has 1 N–H and O–H groups in total. The Morgan fingerprint density at radius 1 is 1.38 bits per heavy atom. The number of ether oxygens (including phenoxy) is 1. The second kappa shape index (κ2) is 6.33. The van der Waals surface area contributed by atoms with E-state index < -0.39 is 0 Å². The Morgan fingerprint density at radius 2 is 2.06 bits per heavy atom. The summed E-state index contributed by atoms with van der Waals surface area (Å²) in [6, 6.07) is 0.342. The van der Waals surface area contributed by atoms with E-state index in [1.54, 1.807) is 18.4 Å². The average molecular weight is 242 g/mol. The molecule has 1 aromatic rings. The topological polar surface area (TPSA) is 34.1 Å². The van der Waals surface area contributed by atoms with Gasteiger partial charge in [0, 0.05) is 31.0 Å². The van der Waals surface area contributed by atoms with Gasteiger partial charge in [-0.15, -0.1) is 11.3 Å². The fourth-order valence-electron chi connectivity index (χ4n) is 1.30. The highest BCUT2D eigenvalue weighted by Gasteiger charge is 2.11. The van der Waals surface area contributed by atoms with Gasteiger partial charge in [-0.05, 0) is 13.8 Å². The molecule has 4 heteroatoms. The summed E-state index contributed by atoms with van der Waals surface area (Å²) >= 11 is 1.74. The largest absolute Gasteiger partial charge is 0.380 e. The van der Waals surface area contributed by atoms with Crippen LogP contribution in [0.25, 0.3) is 0 Å². The highest BCUT2D eigenvalue weighted by Crippen LogP contribution is 2.19. The zero-order valence-corrected chi connectivity index (χ0v) is 11.6. The number of nitrogens with one attached hydrogen (secondary N) is 1. The molecule has 0 spiro atoms. The second-order valence-electron chi connectivity index (χ2n) is 4.44. The van der Waals surface area contributed by atoms with Gasteiger partial charge in [0.25, 0.3) is 0 Å². The first-order valence-electron chi connectivity index (χ1n) is 5.75. The molecular weight excluding hydrogens is 220 g/mol. The Labute approximate surface area is 102 Å². The smallest absolute Gasteiger partial charge is 0.0954 e. The van der Waals surface area contributed by atoms with Crippen LogP contribution < -0.4 is 5.32 Å². The maximum atomic E-state index is 5.26. The quantitative estimate of drug-likeness (QED) is 0.833. The second-order valence-corrected chi connectivity index (χ2v) is 5.33. The van der Waals surface area contributed by atoms with Gasteiger partial charge in [0.15, 0.2) is 0 Å². The lowest BCUT2D eigenvalue weighted by Gasteiger charge is -2.19. The third kappa shape index (κ3) is 3.85. The zero-order valence-electron chi connectivity index (χ0n) is 10.8. The standard InChI is InChI=1S/C12H22N2OS/c1-8(2)12-14-11(7-16-12)6-13-9(3)10(4)15-5/h7-10,13H,6H2,1-5H3. The van der Waals surface area contributed by atoms with Gasteiger partial charge in [0.05, 0.1) is 16.8 Å². The van der Waals surface area contributed by atoms with Crippen molar-refractivity contribution in [1.82, 2.24) is 10.3 Å². The van der Waals surface area contributed by atoms with Crippen LogP contribution in [-0.2, 0) is 11.3 Å². The molecule has 0 amide bonds.